The standard InChI is InChI=1S/C17H16BrClN2O2S/c1-21(10-16(22)20-15-5-3-2-4-14(15)18)17(23)11-24-13-8-6-12(19)7-9-13/h2-9H,10-11H2,1H3,(H,20,22). The van der Waals surface area contributed by atoms with E-state index in [9.17, 15) is 9.59 Å². The van der Waals surface area contributed by atoms with Crippen LogP contribution in [0.1, 0.15) is 0 Å². The number of anilines is 1. The molecular weight excluding hydrogens is 412 g/mol. The lowest BCUT2D eigenvalue weighted by molar-refractivity contribution is -0.131. The molecule has 2 amide bonds. The van der Waals surface area contributed by atoms with Crippen molar-refractivity contribution in [3.05, 3.63) is 58.0 Å². The van der Waals surface area contributed by atoms with E-state index in [4.69, 9.17) is 11.6 Å². The Hall–Kier alpha value is -1.50. The zero-order chi connectivity index (χ0) is 17.5. The van der Waals surface area contributed by atoms with Gasteiger partial charge in [0.1, 0.15) is 0 Å². The van der Waals surface area contributed by atoms with Crippen LogP contribution < -0.4 is 5.32 Å². The van der Waals surface area contributed by atoms with Crippen molar-refractivity contribution in [3.8, 4) is 0 Å². The highest BCUT2D eigenvalue weighted by molar-refractivity contribution is 9.10. The number of halogens is 2. The van der Waals surface area contributed by atoms with E-state index < -0.39 is 0 Å². The number of carbonyl (C=O) groups is 2. The molecule has 7 heteroatoms. The minimum Gasteiger partial charge on any atom is -0.336 e. The third-order valence-corrected chi connectivity index (χ3v) is 5.07. The van der Waals surface area contributed by atoms with E-state index in [1.54, 1.807) is 25.2 Å². The molecule has 0 atom stereocenters. The van der Waals surface area contributed by atoms with Crippen LogP contribution >= 0.6 is 39.3 Å². The lowest BCUT2D eigenvalue weighted by Gasteiger charge is -2.17. The fraction of sp³-hybridized carbons (Fsp3) is 0.176. The average molecular weight is 428 g/mol. The van der Waals surface area contributed by atoms with Crippen molar-refractivity contribution < 1.29 is 9.59 Å². The number of nitrogens with zero attached hydrogens (tertiary/aromatic N) is 1. The van der Waals surface area contributed by atoms with Crippen molar-refractivity contribution in [1.29, 1.82) is 0 Å². The summed E-state index contributed by atoms with van der Waals surface area (Å²) in [6.45, 7) is 0.00133. The number of carbonyl (C=O) groups excluding carboxylic acids is 2. The highest BCUT2D eigenvalue weighted by atomic mass is 79.9. The summed E-state index contributed by atoms with van der Waals surface area (Å²) < 4.78 is 0.797. The molecule has 0 saturated carbocycles. The van der Waals surface area contributed by atoms with Crippen molar-refractivity contribution in [2.45, 2.75) is 4.90 Å². The Labute approximate surface area is 158 Å². The average Bonchev–Trinajstić information content (AvgIpc) is 2.56. The van der Waals surface area contributed by atoms with Crippen LogP contribution in [0.2, 0.25) is 5.02 Å². The molecule has 0 aliphatic rings. The van der Waals surface area contributed by atoms with Crippen LogP contribution in [0.5, 0.6) is 0 Å². The van der Waals surface area contributed by atoms with E-state index in [0.717, 1.165) is 9.37 Å². The first-order chi connectivity index (χ1) is 11.5. The number of amides is 2. The summed E-state index contributed by atoms with van der Waals surface area (Å²) in [5, 5.41) is 3.43. The van der Waals surface area contributed by atoms with E-state index in [2.05, 4.69) is 21.2 Å². The van der Waals surface area contributed by atoms with Gasteiger partial charge >= 0.3 is 0 Å². The minimum atomic E-state index is -0.241. The van der Waals surface area contributed by atoms with Crippen molar-refractivity contribution in [2.24, 2.45) is 0 Å². The summed E-state index contributed by atoms with van der Waals surface area (Å²) in [6, 6.07) is 14.6. The molecule has 0 unspecified atom stereocenters. The Morgan fingerprint density at radius 2 is 1.83 bits per heavy atom. The fourth-order valence-corrected chi connectivity index (χ4v) is 3.19. The maximum absolute atomic E-state index is 12.1. The molecule has 0 fully saturated rings. The van der Waals surface area contributed by atoms with Gasteiger partial charge in [0.25, 0.3) is 0 Å². The Kier molecular flexibility index (Phi) is 7.15. The Morgan fingerprint density at radius 1 is 1.17 bits per heavy atom. The van der Waals surface area contributed by atoms with Gasteiger partial charge in [-0.1, -0.05) is 23.7 Å². The summed E-state index contributed by atoms with van der Waals surface area (Å²) in [4.78, 5) is 26.5. The maximum Gasteiger partial charge on any atom is 0.244 e. The topological polar surface area (TPSA) is 49.4 Å². The van der Waals surface area contributed by atoms with Crippen molar-refractivity contribution >= 4 is 56.8 Å². The van der Waals surface area contributed by atoms with Crippen molar-refractivity contribution in [2.75, 3.05) is 24.7 Å². The zero-order valence-electron chi connectivity index (χ0n) is 13.0. The van der Waals surface area contributed by atoms with Crippen LogP contribution in [0.25, 0.3) is 0 Å². The number of nitrogens with one attached hydrogen (secondary N) is 1. The molecule has 0 aliphatic heterocycles. The molecular formula is C17H16BrClN2O2S. The van der Waals surface area contributed by atoms with E-state index >= 15 is 0 Å². The van der Waals surface area contributed by atoms with Crippen molar-refractivity contribution in [3.63, 3.8) is 0 Å². The molecule has 4 nitrogen and oxygen atoms in total. The van der Waals surface area contributed by atoms with E-state index in [0.29, 0.717) is 10.7 Å². The van der Waals surface area contributed by atoms with Gasteiger partial charge in [-0.25, -0.2) is 0 Å². The number of para-hydroxylation sites is 1. The molecule has 2 aromatic carbocycles. The Bertz CT molecular complexity index is 725. The SMILES string of the molecule is CN(CC(=O)Nc1ccccc1Br)C(=O)CSc1ccc(Cl)cc1. The second-order valence-corrected chi connectivity index (χ2v) is 7.36. The van der Waals surface area contributed by atoms with Crippen molar-refractivity contribution in [1.82, 2.24) is 4.90 Å². The number of hydrogen-bond donors (Lipinski definition) is 1. The van der Waals surface area contributed by atoms with Gasteiger partial charge in [-0.2, -0.15) is 0 Å². The maximum atomic E-state index is 12.1. The first kappa shape index (κ1) is 18.8. The predicted octanol–water partition coefficient (Wildman–Crippen LogP) is 4.29. The predicted molar refractivity (Wildman–Crippen MR) is 103 cm³/mol. The second-order valence-electron chi connectivity index (χ2n) is 5.02. The lowest BCUT2D eigenvalue weighted by atomic mass is 10.3. The van der Waals surface area contributed by atoms with Gasteiger partial charge in [0.2, 0.25) is 11.8 Å². The number of benzene rings is 2. The van der Waals surface area contributed by atoms with Gasteiger partial charge in [-0.3, -0.25) is 9.59 Å². The molecule has 0 aromatic heterocycles. The van der Waals surface area contributed by atoms with E-state index in [1.807, 2.05) is 30.3 Å². The first-order valence-corrected chi connectivity index (χ1v) is 9.28. The molecule has 24 heavy (non-hydrogen) atoms. The quantitative estimate of drug-likeness (QED) is 0.700. The number of thioether (sulfide) groups is 1. The largest absolute Gasteiger partial charge is 0.336 e. The van der Waals surface area contributed by atoms with E-state index in [1.165, 1.54) is 16.7 Å². The Morgan fingerprint density at radius 3 is 2.50 bits per heavy atom. The van der Waals surface area contributed by atoms with Crippen LogP contribution in [0.3, 0.4) is 0 Å². The van der Waals surface area contributed by atoms with Gasteiger partial charge in [-0.05, 0) is 52.3 Å². The monoisotopic (exact) mass is 426 g/mol. The van der Waals surface area contributed by atoms with Crippen LogP contribution in [0, 0.1) is 0 Å². The first-order valence-electron chi connectivity index (χ1n) is 7.12. The molecule has 1 N–H and O–H groups in total. The summed E-state index contributed by atoms with van der Waals surface area (Å²) in [7, 11) is 1.62. The summed E-state index contributed by atoms with van der Waals surface area (Å²) in [5.74, 6) is -0.0908. The Balaban J connectivity index is 1.81. The van der Waals surface area contributed by atoms with Gasteiger partial charge in [-0.15, -0.1) is 11.8 Å². The third-order valence-electron chi connectivity index (χ3n) is 3.13. The number of hydrogen-bond acceptors (Lipinski definition) is 3. The lowest BCUT2D eigenvalue weighted by Crippen LogP contribution is -2.36. The van der Waals surface area contributed by atoms with E-state index in [-0.39, 0.29) is 24.1 Å². The van der Waals surface area contributed by atoms with Crippen LogP contribution in [-0.2, 0) is 9.59 Å². The zero-order valence-corrected chi connectivity index (χ0v) is 16.1. The molecule has 0 bridgehead atoms. The molecule has 0 radical (unpaired) electrons. The van der Waals surface area contributed by atoms with Crippen LogP contribution in [0.4, 0.5) is 5.69 Å². The second kappa shape index (κ2) is 9.11. The fourth-order valence-electron chi connectivity index (χ4n) is 1.84. The smallest absolute Gasteiger partial charge is 0.244 e. The summed E-state index contributed by atoms with van der Waals surface area (Å²) in [6.07, 6.45) is 0. The van der Waals surface area contributed by atoms with Gasteiger partial charge in [0, 0.05) is 21.4 Å². The molecule has 126 valence electrons. The third kappa shape index (κ3) is 5.85. The van der Waals surface area contributed by atoms with Crippen LogP contribution in [0.15, 0.2) is 57.9 Å². The molecule has 0 aliphatic carbocycles. The number of rotatable bonds is 6. The summed E-state index contributed by atoms with van der Waals surface area (Å²) >= 11 is 10.6. The molecule has 2 aromatic rings. The molecule has 0 saturated heterocycles. The molecule has 2 rings (SSSR count). The normalized spacial score (nSPS) is 10.3. The van der Waals surface area contributed by atoms with Crippen LogP contribution in [-0.4, -0.2) is 36.1 Å². The molecule has 0 heterocycles. The van der Waals surface area contributed by atoms with Gasteiger partial charge in [0.15, 0.2) is 0 Å². The van der Waals surface area contributed by atoms with Gasteiger partial charge in [0.05, 0.1) is 18.0 Å². The minimum absolute atomic E-state index is 0.00133. The highest BCUT2D eigenvalue weighted by Crippen LogP contribution is 2.22. The number of likely N-dealkylation sites (N-methyl/N-ethyl adjacent to an activating group) is 1. The highest BCUT2D eigenvalue weighted by Gasteiger charge is 2.14. The summed E-state index contributed by atoms with van der Waals surface area (Å²) in [5.41, 5.74) is 0.680. The molecule has 0 spiro atoms. The van der Waals surface area contributed by atoms with Gasteiger partial charge < -0.3 is 10.2 Å².